The van der Waals surface area contributed by atoms with Crippen LogP contribution in [0.5, 0.6) is 5.75 Å². The summed E-state index contributed by atoms with van der Waals surface area (Å²) in [4.78, 5) is 21.0. The highest BCUT2D eigenvalue weighted by Crippen LogP contribution is 2.22. The molecule has 0 saturated heterocycles. The highest BCUT2D eigenvalue weighted by molar-refractivity contribution is 6.44. The highest BCUT2D eigenvalue weighted by atomic mass is 16.5. The molecule has 0 N–H and O–H groups in total. The van der Waals surface area contributed by atoms with Crippen LogP contribution in [0.25, 0.3) is 22.1 Å². The van der Waals surface area contributed by atoms with Crippen LogP contribution < -0.4 is 15.7 Å². The Kier molecular flexibility index (Phi) is 3.37. The number of ether oxygens (including phenoxy) is 1. The van der Waals surface area contributed by atoms with Crippen molar-refractivity contribution in [2.24, 2.45) is 0 Å². The SMILES string of the molecule is Bc1cc(B)c2nc3ccccc3nc2c1OC(=O)CC. The average Bonchev–Trinajstić information content (AvgIpc) is 2.49. The van der Waals surface area contributed by atoms with Crippen molar-refractivity contribution in [3.05, 3.63) is 30.3 Å². The molecule has 0 saturated carbocycles. The average molecular weight is 276 g/mol. The molecule has 102 valence electrons. The first-order valence-corrected chi connectivity index (χ1v) is 6.97. The predicted molar refractivity (Wildman–Crippen MR) is 89.3 cm³/mol. The Morgan fingerprint density at radius 3 is 2.33 bits per heavy atom. The van der Waals surface area contributed by atoms with E-state index in [1.807, 2.05) is 46.0 Å². The van der Waals surface area contributed by atoms with Gasteiger partial charge in [0.05, 0.1) is 16.6 Å². The van der Waals surface area contributed by atoms with Crippen LogP contribution in [0.2, 0.25) is 0 Å². The second kappa shape index (κ2) is 5.20. The van der Waals surface area contributed by atoms with Gasteiger partial charge >= 0.3 is 5.97 Å². The summed E-state index contributed by atoms with van der Waals surface area (Å²) in [5.41, 5.74) is 4.98. The molecule has 3 aromatic rings. The Morgan fingerprint density at radius 1 is 1.10 bits per heavy atom. The molecule has 4 nitrogen and oxygen atoms in total. The number of para-hydroxylation sites is 2. The largest absolute Gasteiger partial charge is 0.425 e. The smallest absolute Gasteiger partial charge is 0.310 e. The van der Waals surface area contributed by atoms with E-state index >= 15 is 0 Å². The lowest BCUT2D eigenvalue weighted by atomic mass is 9.85. The molecule has 3 rings (SSSR count). The van der Waals surface area contributed by atoms with Crippen molar-refractivity contribution < 1.29 is 9.53 Å². The van der Waals surface area contributed by atoms with E-state index < -0.39 is 0 Å². The highest BCUT2D eigenvalue weighted by Gasteiger charge is 2.15. The number of hydrogen-bond donors (Lipinski definition) is 0. The Balaban J connectivity index is 2.35. The Labute approximate surface area is 124 Å². The minimum absolute atomic E-state index is 0.266. The maximum Gasteiger partial charge on any atom is 0.310 e. The van der Waals surface area contributed by atoms with E-state index in [2.05, 4.69) is 9.97 Å². The third-order valence-corrected chi connectivity index (χ3v) is 3.45. The van der Waals surface area contributed by atoms with Gasteiger partial charge < -0.3 is 4.74 Å². The van der Waals surface area contributed by atoms with Crippen LogP contribution >= 0.6 is 0 Å². The summed E-state index contributed by atoms with van der Waals surface area (Å²) in [6, 6.07) is 9.67. The van der Waals surface area contributed by atoms with Crippen LogP contribution in [-0.2, 0) is 4.79 Å². The molecule has 2 aromatic carbocycles. The van der Waals surface area contributed by atoms with Gasteiger partial charge in [-0.2, -0.15) is 0 Å². The molecule has 0 unspecified atom stereocenters. The molecule has 1 aromatic heterocycles. The van der Waals surface area contributed by atoms with E-state index in [-0.39, 0.29) is 5.97 Å². The van der Waals surface area contributed by atoms with E-state index in [1.54, 1.807) is 6.92 Å². The van der Waals surface area contributed by atoms with Gasteiger partial charge in [0.25, 0.3) is 0 Å². The monoisotopic (exact) mass is 276 g/mol. The minimum atomic E-state index is -0.266. The van der Waals surface area contributed by atoms with Crippen molar-refractivity contribution in [3.63, 3.8) is 0 Å². The van der Waals surface area contributed by atoms with Crippen LogP contribution in [-0.4, -0.2) is 31.6 Å². The van der Waals surface area contributed by atoms with Crippen molar-refractivity contribution >= 4 is 54.7 Å². The number of carbonyl (C=O) groups excluding carboxylic acids is 1. The van der Waals surface area contributed by atoms with E-state index in [0.29, 0.717) is 17.7 Å². The predicted octanol–water partition coefficient (Wildman–Crippen LogP) is -0.385. The molecule has 0 aliphatic carbocycles. The van der Waals surface area contributed by atoms with Crippen LogP contribution in [0.4, 0.5) is 0 Å². The third kappa shape index (κ3) is 2.37. The number of carbonyl (C=O) groups is 1. The summed E-state index contributed by atoms with van der Waals surface area (Å²) in [5, 5.41) is 0. The second-order valence-electron chi connectivity index (χ2n) is 5.08. The first-order valence-electron chi connectivity index (χ1n) is 6.97. The zero-order valence-electron chi connectivity index (χ0n) is 12.3. The van der Waals surface area contributed by atoms with Crippen LogP contribution in [0.1, 0.15) is 13.3 Å². The standard InChI is InChI=1S/C15H14B2N2O2/c1-2-12(20)21-15-9(17)7-8(16)13-14(15)19-11-6-4-3-5-10(11)18-13/h3-7H,2,16-17H2,1H3. The zero-order chi connectivity index (χ0) is 15.0. The first-order chi connectivity index (χ1) is 10.1. The van der Waals surface area contributed by atoms with E-state index in [9.17, 15) is 4.79 Å². The van der Waals surface area contributed by atoms with Crippen molar-refractivity contribution in [2.75, 3.05) is 0 Å². The number of hydrogen-bond acceptors (Lipinski definition) is 4. The molecule has 0 fully saturated rings. The van der Waals surface area contributed by atoms with E-state index in [4.69, 9.17) is 4.74 Å². The number of benzene rings is 2. The number of fused-ring (bicyclic) bond motifs is 2. The number of aromatic nitrogens is 2. The molecule has 0 aliphatic heterocycles. The first kappa shape index (κ1) is 13.6. The van der Waals surface area contributed by atoms with Gasteiger partial charge in [0.1, 0.15) is 21.2 Å². The summed E-state index contributed by atoms with van der Waals surface area (Å²) < 4.78 is 5.47. The van der Waals surface area contributed by atoms with Crippen molar-refractivity contribution in [2.45, 2.75) is 13.3 Å². The van der Waals surface area contributed by atoms with E-state index in [0.717, 1.165) is 27.5 Å². The fourth-order valence-electron chi connectivity index (χ4n) is 2.39. The summed E-state index contributed by atoms with van der Waals surface area (Å²) in [6.07, 6.45) is 0.329. The van der Waals surface area contributed by atoms with Crippen molar-refractivity contribution in [1.82, 2.24) is 9.97 Å². The number of nitrogens with zero attached hydrogens (tertiary/aromatic N) is 2. The Hall–Kier alpha value is -2.36. The Bertz CT molecular complexity index is 865. The number of esters is 1. The van der Waals surface area contributed by atoms with Crippen molar-refractivity contribution in [3.8, 4) is 5.75 Å². The fraction of sp³-hybridized carbons (Fsp3) is 0.133. The molecular weight excluding hydrogens is 262 g/mol. The summed E-state index contributed by atoms with van der Waals surface area (Å²) >= 11 is 0. The second-order valence-corrected chi connectivity index (χ2v) is 5.08. The van der Waals surface area contributed by atoms with E-state index in [1.165, 1.54) is 0 Å². The molecule has 0 aliphatic rings. The van der Waals surface area contributed by atoms with Gasteiger partial charge in [-0.3, -0.25) is 4.79 Å². The maximum atomic E-state index is 11.7. The van der Waals surface area contributed by atoms with Gasteiger partial charge in [0.2, 0.25) is 0 Å². The lowest BCUT2D eigenvalue weighted by Crippen LogP contribution is -2.21. The molecule has 0 bridgehead atoms. The normalized spacial score (nSPS) is 10.9. The van der Waals surface area contributed by atoms with Gasteiger partial charge in [-0.25, -0.2) is 9.97 Å². The molecule has 0 spiro atoms. The molecule has 1 heterocycles. The maximum absolute atomic E-state index is 11.7. The fourth-order valence-corrected chi connectivity index (χ4v) is 2.39. The Morgan fingerprint density at radius 2 is 1.71 bits per heavy atom. The molecule has 21 heavy (non-hydrogen) atoms. The number of rotatable bonds is 2. The van der Waals surface area contributed by atoms with Gasteiger partial charge in [-0.05, 0) is 17.6 Å². The zero-order valence-corrected chi connectivity index (χ0v) is 12.3. The lowest BCUT2D eigenvalue weighted by molar-refractivity contribution is -0.133. The summed E-state index contributed by atoms with van der Waals surface area (Å²) in [6.45, 7) is 1.77. The van der Waals surface area contributed by atoms with Gasteiger partial charge in [0, 0.05) is 6.42 Å². The van der Waals surface area contributed by atoms with Crippen LogP contribution in [0.3, 0.4) is 0 Å². The lowest BCUT2D eigenvalue weighted by Gasteiger charge is -2.12. The molecule has 0 atom stereocenters. The van der Waals surface area contributed by atoms with Gasteiger partial charge in [-0.15, -0.1) is 0 Å². The van der Waals surface area contributed by atoms with Crippen LogP contribution in [0, 0.1) is 0 Å². The molecule has 6 heteroatoms. The van der Waals surface area contributed by atoms with Gasteiger partial charge in [-0.1, -0.05) is 30.6 Å². The minimum Gasteiger partial charge on any atom is -0.425 e. The van der Waals surface area contributed by atoms with Gasteiger partial charge in [0.15, 0.2) is 5.75 Å². The molecular formula is C15H14B2N2O2. The van der Waals surface area contributed by atoms with Crippen molar-refractivity contribution in [1.29, 1.82) is 0 Å². The summed E-state index contributed by atoms with van der Waals surface area (Å²) in [7, 11) is 3.91. The topological polar surface area (TPSA) is 52.1 Å². The quantitative estimate of drug-likeness (QED) is 0.277. The summed E-state index contributed by atoms with van der Waals surface area (Å²) in [5.74, 6) is 0.249. The third-order valence-electron chi connectivity index (χ3n) is 3.45. The van der Waals surface area contributed by atoms with Crippen LogP contribution in [0.15, 0.2) is 30.3 Å². The molecule has 0 radical (unpaired) electrons. The molecule has 0 amide bonds.